The monoisotopic (exact) mass is 251 g/mol. The van der Waals surface area contributed by atoms with E-state index >= 15 is 0 Å². The molecule has 1 aromatic rings. The summed E-state index contributed by atoms with van der Waals surface area (Å²) in [6, 6.07) is 5.64. The molecule has 0 bridgehead atoms. The summed E-state index contributed by atoms with van der Waals surface area (Å²) in [5.74, 6) is -0.966. The Balaban J connectivity index is 3.09. The number of methoxy groups -OCH3 is 1. The standard InChI is InChI=1S/C12H13NO5/c1-18-10-6-7(12(16)17)2-3-8(10)11(15)9(14)4-5-13/h2-3,6,9,11,14-15H,4H2,1H3,(H,16,17). The van der Waals surface area contributed by atoms with Crippen molar-refractivity contribution in [1.29, 1.82) is 5.26 Å². The normalized spacial score (nSPS) is 13.4. The Bertz CT molecular complexity index is 480. The fourth-order valence-electron chi connectivity index (χ4n) is 1.50. The number of aliphatic hydroxyl groups excluding tert-OH is 2. The number of aromatic carboxylic acids is 1. The van der Waals surface area contributed by atoms with Crippen molar-refractivity contribution >= 4 is 5.97 Å². The number of hydrogen-bond acceptors (Lipinski definition) is 5. The van der Waals surface area contributed by atoms with E-state index in [4.69, 9.17) is 15.1 Å². The van der Waals surface area contributed by atoms with Crippen LogP contribution in [-0.4, -0.2) is 34.5 Å². The Labute approximate surface area is 104 Å². The number of nitrogens with zero attached hydrogens (tertiary/aromatic N) is 1. The van der Waals surface area contributed by atoms with Gasteiger partial charge in [0.1, 0.15) is 11.9 Å². The second-order valence-corrected chi connectivity index (χ2v) is 3.64. The number of nitriles is 1. The van der Waals surface area contributed by atoms with Crippen molar-refractivity contribution in [2.45, 2.75) is 18.6 Å². The van der Waals surface area contributed by atoms with Gasteiger partial charge in [-0.25, -0.2) is 4.79 Å². The van der Waals surface area contributed by atoms with Crippen LogP contribution in [0.3, 0.4) is 0 Å². The van der Waals surface area contributed by atoms with E-state index in [2.05, 4.69) is 0 Å². The summed E-state index contributed by atoms with van der Waals surface area (Å²) in [5, 5.41) is 36.6. The highest BCUT2D eigenvalue weighted by atomic mass is 16.5. The SMILES string of the molecule is COc1cc(C(=O)O)ccc1C(O)C(O)CC#N. The molecule has 0 aliphatic rings. The minimum atomic E-state index is -1.30. The maximum atomic E-state index is 10.8. The third-order valence-corrected chi connectivity index (χ3v) is 2.46. The number of carboxylic acids is 1. The first-order valence-corrected chi connectivity index (χ1v) is 5.15. The van der Waals surface area contributed by atoms with Crippen LogP contribution in [0, 0.1) is 11.3 Å². The van der Waals surface area contributed by atoms with Gasteiger partial charge in [0, 0.05) is 5.56 Å². The van der Waals surface area contributed by atoms with Gasteiger partial charge in [0.05, 0.1) is 31.3 Å². The predicted molar refractivity (Wildman–Crippen MR) is 61.1 cm³/mol. The zero-order chi connectivity index (χ0) is 13.7. The zero-order valence-corrected chi connectivity index (χ0v) is 9.70. The molecule has 0 saturated carbocycles. The molecule has 0 fully saturated rings. The summed E-state index contributed by atoms with van der Waals surface area (Å²) in [4.78, 5) is 10.8. The Morgan fingerprint density at radius 1 is 1.50 bits per heavy atom. The average Bonchev–Trinajstić information content (AvgIpc) is 2.37. The van der Waals surface area contributed by atoms with Gasteiger partial charge in [0.15, 0.2) is 0 Å². The van der Waals surface area contributed by atoms with Gasteiger partial charge in [-0.05, 0) is 12.1 Å². The summed E-state index contributed by atoms with van der Waals surface area (Å²) in [7, 11) is 1.33. The van der Waals surface area contributed by atoms with Crippen LogP contribution in [0.25, 0.3) is 0 Å². The molecular weight excluding hydrogens is 238 g/mol. The zero-order valence-electron chi connectivity index (χ0n) is 9.70. The van der Waals surface area contributed by atoms with E-state index in [0.29, 0.717) is 0 Å². The van der Waals surface area contributed by atoms with Crippen LogP contribution in [0.1, 0.15) is 28.4 Å². The van der Waals surface area contributed by atoms with Crippen molar-refractivity contribution in [3.8, 4) is 11.8 Å². The largest absolute Gasteiger partial charge is 0.496 e. The van der Waals surface area contributed by atoms with Crippen molar-refractivity contribution in [1.82, 2.24) is 0 Å². The summed E-state index contributed by atoms with van der Waals surface area (Å²) in [6.07, 6.45) is -2.78. The topological polar surface area (TPSA) is 111 Å². The van der Waals surface area contributed by atoms with Crippen molar-refractivity contribution in [3.63, 3.8) is 0 Å². The van der Waals surface area contributed by atoms with Crippen LogP contribution >= 0.6 is 0 Å². The van der Waals surface area contributed by atoms with Crippen LogP contribution in [-0.2, 0) is 0 Å². The molecule has 2 atom stereocenters. The highest BCUT2D eigenvalue weighted by Crippen LogP contribution is 2.29. The molecule has 18 heavy (non-hydrogen) atoms. The van der Waals surface area contributed by atoms with E-state index in [1.807, 2.05) is 0 Å². The molecule has 3 N–H and O–H groups in total. The maximum absolute atomic E-state index is 10.8. The van der Waals surface area contributed by atoms with Crippen LogP contribution in [0.5, 0.6) is 5.75 Å². The molecule has 2 unspecified atom stereocenters. The molecular formula is C12H13NO5. The van der Waals surface area contributed by atoms with Crippen LogP contribution in [0.4, 0.5) is 0 Å². The highest BCUT2D eigenvalue weighted by Gasteiger charge is 2.22. The lowest BCUT2D eigenvalue weighted by Crippen LogP contribution is -2.18. The van der Waals surface area contributed by atoms with Gasteiger partial charge in [-0.2, -0.15) is 5.26 Å². The minimum Gasteiger partial charge on any atom is -0.496 e. The van der Waals surface area contributed by atoms with Gasteiger partial charge in [-0.15, -0.1) is 0 Å². The lowest BCUT2D eigenvalue weighted by Gasteiger charge is -2.18. The maximum Gasteiger partial charge on any atom is 0.335 e. The molecule has 0 radical (unpaired) electrons. The molecule has 1 rings (SSSR count). The number of rotatable bonds is 5. The quantitative estimate of drug-likeness (QED) is 0.710. The molecule has 0 heterocycles. The summed E-state index contributed by atoms with van der Waals surface area (Å²) in [6.45, 7) is 0. The summed E-state index contributed by atoms with van der Waals surface area (Å²) in [5.41, 5.74) is 0.253. The molecule has 0 saturated heterocycles. The second kappa shape index (κ2) is 6.00. The molecule has 1 aromatic carbocycles. The number of ether oxygens (including phenoxy) is 1. The van der Waals surface area contributed by atoms with E-state index in [-0.39, 0.29) is 23.3 Å². The molecule has 6 nitrogen and oxygen atoms in total. The van der Waals surface area contributed by atoms with E-state index in [9.17, 15) is 15.0 Å². The van der Waals surface area contributed by atoms with Crippen LogP contribution in [0.15, 0.2) is 18.2 Å². The van der Waals surface area contributed by atoms with Crippen LogP contribution < -0.4 is 4.74 Å². The Morgan fingerprint density at radius 3 is 2.67 bits per heavy atom. The van der Waals surface area contributed by atoms with Gasteiger partial charge < -0.3 is 20.1 Å². The number of hydrogen-bond donors (Lipinski definition) is 3. The molecule has 0 aromatic heterocycles. The Morgan fingerprint density at radius 2 is 2.17 bits per heavy atom. The number of carbonyl (C=O) groups is 1. The third-order valence-electron chi connectivity index (χ3n) is 2.46. The van der Waals surface area contributed by atoms with E-state index < -0.39 is 18.2 Å². The molecule has 0 aliphatic carbocycles. The van der Waals surface area contributed by atoms with Gasteiger partial charge in [-0.1, -0.05) is 6.07 Å². The first-order chi connectivity index (χ1) is 8.51. The second-order valence-electron chi connectivity index (χ2n) is 3.64. The van der Waals surface area contributed by atoms with Crippen molar-refractivity contribution in [2.75, 3.05) is 7.11 Å². The number of benzene rings is 1. The lowest BCUT2D eigenvalue weighted by molar-refractivity contribution is 0.0202. The van der Waals surface area contributed by atoms with E-state index in [1.54, 1.807) is 6.07 Å². The summed E-state index contributed by atoms with van der Waals surface area (Å²) >= 11 is 0. The van der Waals surface area contributed by atoms with Gasteiger partial charge in [0.2, 0.25) is 0 Å². The smallest absolute Gasteiger partial charge is 0.335 e. The van der Waals surface area contributed by atoms with Crippen molar-refractivity contribution < 1.29 is 24.9 Å². The Hall–Kier alpha value is -2.10. The van der Waals surface area contributed by atoms with Gasteiger partial charge in [0.25, 0.3) is 0 Å². The van der Waals surface area contributed by atoms with Gasteiger partial charge in [-0.3, -0.25) is 0 Å². The molecule has 6 heteroatoms. The Kier molecular flexibility index (Phi) is 4.66. The van der Waals surface area contributed by atoms with Crippen LogP contribution in [0.2, 0.25) is 0 Å². The highest BCUT2D eigenvalue weighted by molar-refractivity contribution is 5.88. The average molecular weight is 251 g/mol. The van der Waals surface area contributed by atoms with Crippen molar-refractivity contribution in [2.24, 2.45) is 0 Å². The lowest BCUT2D eigenvalue weighted by atomic mass is 10.00. The number of carboxylic acid groups (broad SMARTS) is 1. The molecule has 96 valence electrons. The fraction of sp³-hybridized carbons (Fsp3) is 0.333. The first-order valence-electron chi connectivity index (χ1n) is 5.15. The first kappa shape index (κ1) is 14.0. The molecule has 0 amide bonds. The third kappa shape index (κ3) is 2.97. The molecule has 0 aliphatic heterocycles. The van der Waals surface area contributed by atoms with Gasteiger partial charge >= 0.3 is 5.97 Å². The number of aliphatic hydroxyl groups is 2. The van der Waals surface area contributed by atoms with Crippen molar-refractivity contribution in [3.05, 3.63) is 29.3 Å². The van der Waals surface area contributed by atoms with E-state index in [1.165, 1.54) is 25.3 Å². The summed E-state index contributed by atoms with van der Waals surface area (Å²) < 4.78 is 4.97. The molecule has 0 spiro atoms. The van der Waals surface area contributed by atoms with E-state index in [0.717, 1.165) is 0 Å². The minimum absolute atomic E-state index is 0.0116. The predicted octanol–water partition coefficient (Wildman–Crippen LogP) is 0.701. The fourth-order valence-corrected chi connectivity index (χ4v) is 1.50.